The highest BCUT2D eigenvalue weighted by molar-refractivity contribution is 9.10. The maximum atomic E-state index is 12.6. The van der Waals surface area contributed by atoms with Gasteiger partial charge in [0, 0.05) is 16.2 Å². The Morgan fingerprint density at radius 3 is 2.53 bits per heavy atom. The van der Waals surface area contributed by atoms with Crippen LogP contribution in [-0.2, 0) is 6.18 Å². The molecule has 0 spiro atoms. The van der Waals surface area contributed by atoms with Gasteiger partial charge in [0.15, 0.2) is 5.69 Å². The standard InChI is InChI=1S/C11H8BrF3N4/c12-6-2-1-3-7(4-6)17-9-5-8(11(13,14)15)18-10(16)19-9/h1-5H,(H3,16,17,18,19). The first-order chi connectivity index (χ1) is 8.84. The van der Waals surface area contributed by atoms with E-state index < -0.39 is 17.8 Å². The minimum Gasteiger partial charge on any atom is -0.368 e. The van der Waals surface area contributed by atoms with Crippen LogP contribution in [0.4, 0.5) is 30.6 Å². The van der Waals surface area contributed by atoms with Crippen molar-refractivity contribution in [1.29, 1.82) is 0 Å². The molecule has 0 amide bonds. The highest BCUT2D eigenvalue weighted by atomic mass is 79.9. The molecule has 2 rings (SSSR count). The van der Waals surface area contributed by atoms with Gasteiger partial charge in [-0.15, -0.1) is 0 Å². The van der Waals surface area contributed by atoms with E-state index in [9.17, 15) is 13.2 Å². The summed E-state index contributed by atoms with van der Waals surface area (Å²) in [5, 5.41) is 2.74. The molecule has 19 heavy (non-hydrogen) atoms. The lowest BCUT2D eigenvalue weighted by molar-refractivity contribution is -0.141. The highest BCUT2D eigenvalue weighted by Gasteiger charge is 2.33. The Kier molecular flexibility index (Phi) is 3.61. The van der Waals surface area contributed by atoms with Crippen molar-refractivity contribution in [1.82, 2.24) is 9.97 Å². The number of halogens is 4. The van der Waals surface area contributed by atoms with Gasteiger partial charge in [-0.05, 0) is 18.2 Å². The van der Waals surface area contributed by atoms with Crippen LogP contribution in [0.25, 0.3) is 0 Å². The molecule has 0 aliphatic carbocycles. The second kappa shape index (κ2) is 5.04. The molecule has 4 nitrogen and oxygen atoms in total. The third kappa shape index (κ3) is 3.57. The van der Waals surface area contributed by atoms with Gasteiger partial charge in [0.2, 0.25) is 5.95 Å². The predicted molar refractivity (Wildman–Crippen MR) is 68.9 cm³/mol. The quantitative estimate of drug-likeness (QED) is 0.882. The van der Waals surface area contributed by atoms with E-state index in [1.165, 1.54) is 0 Å². The van der Waals surface area contributed by atoms with Gasteiger partial charge in [-0.2, -0.15) is 18.2 Å². The smallest absolute Gasteiger partial charge is 0.368 e. The molecule has 2 aromatic rings. The molecule has 100 valence electrons. The van der Waals surface area contributed by atoms with Gasteiger partial charge in [-0.1, -0.05) is 22.0 Å². The minimum atomic E-state index is -4.56. The molecule has 0 bridgehead atoms. The molecule has 0 fully saturated rings. The summed E-state index contributed by atoms with van der Waals surface area (Å²) in [6, 6.07) is 7.72. The number of rotatable bonds is 2. The number of nitrogens with zero attached hydrogens (tertiary/aromatic N) is 2. The summed E-state index contributed by atoms with van der Waals surface area (Å²) >= 11 is 3.26. The van der Waals surface area contributed by atoms with Crippen molar-refractivity contribution in [2.75, 3.05) is 11.1 Å². The fourth-order valence-corrected chi connectivity index (χ4v) is 1.79. The average molecular weight is 333 g/mol. The third-order valence-electron chi connectivity index (χ3n) is 2.13. The molecule has 1 heterocycles. The number of alkyl halides is 3. The molecule has 0 unspecified atom stereocenters. The zero-order valence-electron chi connectivity index (χ0n) is 9.37. The predicted octanol–water partition coefficient (Wildman–Crippen LogP) is 3.58. The molecule has 0 aliphatic heterocycles. The Labute approximate surface area is 115 Å². The monoisotopic (exact) mass is 332 g/mol. The van der Waals surface area contributed by atoms with Crippen LogP contribution >= 0.6 is 15.9 Å². The second-order valence-corrected chi connectivity index (χ2v) is 4.55. The minimum absolute atomic E-state index is 0.0158. The van der Waals surface area contributed by atoms with Crippen LogP contribution in [-0.4, -0.2) is 9.97 Å². The van der Waals surface area contributed by atoms with E-state index in [2.05, 4.69) is 31.2 Å². The molecule has 0 aliphatic rings. The number of hydrogen-bond acceptors (Lipinski definition) is 4. The van der Waals surface area contributed by atoms with Crippen molar-refractivity contribution in [3.63, 3.8) is 0 Å². The number of nitrogens with two attached hydrogens (primary N) is 1. The van der Waals surface area contributed by atoms with Crippen molar-refractivity contribution in [2.24, 2.45) is 0 Å². The van der Waals surface area contributed by atoms with E-state index in [1.807, 2.05) is 0 Å². The summed E-state index contributed by atoms with van der Waals surface area (Å²) in [7, 11) is 0. The van der Waals surface area contributed by atoms with Crippen molar-refractivity contribution < 1.29 is 13.2 Å². The van der Waals surface area contributed by atoms with Crippen molar-refractivity contribution in [2.45, 2.75) is 6.18 Å². The first kappa shape index (κ1) is 13.6. The number of anilines is 3. The average Bonchev–Trinajstić information content (AvgIpc) is 2.26. The Balaban J connectivity index is 2.33. The number of nitrogens with one attached hydrogen (secondary N) is 1. The molecule has 8 heteroatoms. The SMILES string of the molecule is Nc1nc(Nc2cccc(Br)c2)cc(C(F)(F)F)n1. The molecule has 1 aromatic carbocycles. The second-order valence-electron chi connectivity index (χ2n) is 3.63. The summed E-state index contributed by atoms with van der Waals surface area (Å²) in [5.41, 5.74) is 4.77. The van der Waals surface area contributed by atoms with E-state index in [0.717, 1.165) is 10.5 Å². The van der Waals surface area contributed by atoms with Crippen molar-refractivity contribution in [3.05, 3.63) is 40.5 Å². The van der Waals surface area contributed by atoms with Crippen molar-refractivity contribution in [3.8, 4) is 0 Å². The summed E-state index contributed by atoms with van der Waals surface area (Å²) in [6.45, 7) is 0. The fourth-order valence-electron chi connectivity index (χ4n) is 1.39. The normalized spacial score (nSPS) is 11.4. The van der Waals surface area contributed by atoms with Gasteiger partial charge in [0.05, 0.1) is 0 Å². The molecular formula is C11H8BrF3N4. The van der Waals surface area contributed by atoms with Crippen LogP contribution in [0.2, 0.25) is 0 Å². The van der Waals surface area contributed by atoms with Gasteiger partial charge in [-0.25, -0.2) is 4.98 Å². The zero-order valence-corrected chi connectivity index (χ0v) is 11.0. The molecule has 3 N–H and O–H groups in total. The highest BCUT2D eigenvalue weighted by Crippen LogP contribution is 2.30. The number of nitrogen functional groups attached to an aromatic ring is 1. The molecular weight excluding hydrogens is 325 g/mol. The first-order valence-corrected chi connectivity index (χ1v) is 5.88. The lowest BCUT2D eigenvalue weighted by Crippen LogP contribution is -2.12. The van der Waals surface area contributed by atoms with E-state index in [4.69, 9.17) is 5.73 Å². The topological polar surface area (TPSA) is 63.8 Å². The van der Waals surface area contributed by atoms with Crippen LogP contribution in [0.5, 0.6) is 0 Å². The van der Waals surface area contributed by atoms with Crippen LogP contribution in [0, 0.1) is 0 Å². The molecule has 0 radical (unpaired) electrons. The van der Waals surface area contributed by atoms with Crippen LogP contribution in [0.1, 0.15) is 5.69 Å². The maximum Gasteiger partial charge on any atom is 0.433 e. The fraction of sp³-hybridized carbons (Fsp3) is 0.0909. The zero-order chi connectivity index (χ0) is 14.0. The first-order valence-electron chi connectivity index (χ1n) is 5.09. The van der Waals surface area contributed by atoms with E-state index >= 15 is 0 Å². The molecule has 1 aromatic heterocycles. The van der Waals surface area contributed by atoms with Crippen molar-refractivity contribution >= 4 is 33.4 Å². The van der Waals surface area contributed by atoms with E-state index in [1.54, 1.807) is 24.3 Å². The molecule has 0 saturated heterocycles. The maximum absolute atomic E-state index is 12.6. The Hall–Kier alpha value is -1.83. The lowest BCUT2D eigenvalue weighted by Gasteiger charge is -2.10. The summed E-state index contributed by atoms with van der Waals surface area (Å²) in [4.78, 5) is 6.87. The van der Waals surface area contributed by atoms with Gasteiger partial charge < -0.3 is 11.1 Å². The largest absolute Gasteiger partial charge is 0.433 e. The lowest BCUT2D eigenvalue weighted by atomic mass is 10.3. The molecule has 0 saturated carbocycles. The Morgan fingerprint density at radius 1 is 1.16 bits per heavy atom. The third-order valence-corrected chi connectivity index (χ3v) is 2.62. The van der Waals surface area contributed by atoms with Gasteiger partial charge in [0.1, 0.15) is 5.82 Å². The van der Waals surface area contributed by atoms with Gasteiger partial charge in [-0.3, -0.25) is 0 Å². The van der Waals surface area contributed by atoms with Gasteiger partial charge >= 0.3 is 6.18 Å². The van der Waals surface area contributed by atoms with E-state index in [-0.39, 0.29) is 5.82 Å². The number of hydrogen-bond donors (Lipinski definition) is 2. The summed E-state index contributed by atoms with van der Waals surface area (Å²) < 4.78 is 38.5. The summed E-state index contributed by atoms with van der Waals surface area (Å²) in [6.07, 6.45) is -4.56. The van der Waals surface area contributed by atoms with Crippen LogP contribution < -0.4 is 11.1 Å². The summed E-state index contributed by atoms with van der Waals surface area (Å²) in [5.74, 6) is -0.453. The number of aromatic nitrogens is 2. The van der Waals surface area contributed by atoms with Crippen LogP contribution in [0.3, 0.4) is 0 Å². The van der Waals surface area contributed by atoms with Crippen LogP contribution in [0.15, 0.2) is 34.8 Å². The van der Waals surface area contributed by atoms with E-state index in [0.29, 0.717) is 5.69 Å². The Bertz CT molecular complexity index is 601. The molecule has 0 atom stereocenters. The number of benzene rings is 1. The Morgan fingerprint density at radius 2 is 1.89 bits per heavy atom. The van der Waals surface area contributed by atoms with Gasteiger partial charge in [0.25, 0.3) is 0 Å².